The molecule has 2 rings (SSSR count). The van der Waals surface area contributed by atoms with Gasteiger partial charge in [0.1, 0.15) is 11.5 Å². The third-order valence-corrected chi connectivity index (χ3v) is 3.08. The van der Waals surface area contributed by atoms with Crippen molar-refractivity contribution in [3.05, 3.63) is 58.7 Å². The molecule has 2 nitrogen and oxygen atoms in total. The predicted molar refractivity (Wildman–Crippen MR) is 77.2 cm³/mol. The molecule has 0 amide bonds. The molecule has 19 heavy (non-hydrogen) atoms. The van der Waals surface area contributed by atoms with Gasteiger partial charge in [-0.3, -0.25) is 4.79 Å². The van der Waals surface area contributed by atoms with Crippen molar-refractivity contribution in [1.29, 1.82) is 0 Å². The average Bonchev–Trinajstić information content (AvgIpc) is 2.27. The summed E-state index contributed by atoms with van der Waals surface area (Å²) in [5.74, 6) is 1.68. The minimum Gasteiger partial charge on any atom is -0.457 e. The molecular weight excluding hydrogens is 236 g/mol. The first kappa shape index (κ1) is 13.3. The number of rotatable bonds is 3. The van der Waals surface area contributed by atoms with Crippen LogP contribution in [0, 0.1) is 20.8 Å². The highest BCUT2D eigenvalue weighted by molar-refractivity contribution is 5.97. The first-order valence-electron chi connectivity index (χ1n) is 6.34. The topological polar surface area (TPSA) is 26.3 Å². The normalized spacial score (nSPS) is 10.3. The monoisotopic (exact) mass is 254 g/mol. The van der Waals surface area contributed by atoms with Crippen LogP contribution in [-0.2, 0) is 0 Å². The van der Waals surface area contributed by atoms with E-state index in [1.165, 1.54) is 0 Å². The van der Waals surface area contributed by atoms with Gasteiger partial charge >= 0.3 is 0 Å². The van der Waals surface area contributed by atoms with Gasteiger partial charge in [0, 0.05) is 5.56 Å². The van der Waals surface area contributed by atoms with Crippen molar-refractivity contribution in [3.8, 4) is 11.5 Å². The summed E-state index contributed by atoms with van der Waals surface area (Å²) in [6.45, 7) is 7.50. The van der Waals surface area contributed by atoms with Gasteiger partial charge in [-0.15, -0.1) is 0 Å². The van der Waals surface area contributed by atoms with Crippen LogP contribution in [0.4, 0.5) is 0 Å². The van der Waals surface area contributed by atoms with Crippen LogP contribution in [0.3, 0.4) is 0 Å². The average molecular weight is 254 g/mol. The second kappa shape index (κ2) is 5.27. The van der Waals surface area contributed by atoms with Crippen molar-refractivity contribution >= 4 is 5.78 Å². The van der Waals surface area contributed by atoms with E-state index in [9.17, 15) is 4.79 Å². The molecule has 0 saturated carbocycles. The number of ether oxygens (including phenoxy) is 1. The third kappa shape index (κ3) is 3.02. The molecule has 0 N–H and O–H groups in total. The van der Waals surface area contributed by atoms with E-state index in [0.717, 1.165) is 33.8 Å². The zero-order valence-electron chi connectivity index (χ0n) is 11.8. The van der Waals surface area contributed by atoms with E-state index in [-0.39, 0.29) is 5.78 Å². The number of carbonyl (C=O) groups is 1. The lowest BCUT2D eigenvalue weighted by Gasteiger charge is -2.11. The van der Waals surface area contributed by atoms with Gasteiger partial charge in [0.15, 0.2) is 5.78 Å². The lowest BCUT2D eigenvalue weighted by molar-refractivity contribution is 0.101. The smallest absolute Gasteiger partial charge is 0.160 e. The molecule has 2 aromatic rings. The molecule has 0 atom stereocenters. The third-order valence-electron chi connectivity index (χ3n) is 3.08. The van der Waals surface area contributed by atoms with Crippen molar-refractivity contribution in [2.45, 2.75) is 27.7 Å². The van der Waals surface area contributed by atoms with Crippen LogP contribution < -0.4 is 4.74 Å². The SMILES string of the molecule is CC(=O)c1c(C)cc(Oc2cccc(C)c2)cc1C. The fourth-order valence-corrected chi connectivity index (χ4v) is 2.35. The summed E-state index contributed by atoms with van der Waals surface area (Å²) >= 11 is 0. The largest absolute Gasteiger partial charge is 0.457 e. The summed E-state index contributed by atoms with van der Waals surface area (Å²) < 4.78 is 5.84. The molecule has 0 radical (unpaired) electrons. The maximum Gasteiger partial charge on any atom is 0.160 e. The molecule has 0 aliphatic heterocycles. The van der Waals surface area contributed by atoms with Gasteiger partial charge in [-0.05, 0) is 68.7 Å². The maximum absolute atomic E-state index is 11.6. The van der Waals surface area contributed by atoms with Gasteiger partial charge in [-0.2, -0.15) is 0 Å². The Morgan fingerprint density at radius 3 is 2.11 bits per heavy atom. The molecule has 0 unspecified atom stereocenters. The van der Waals surface area contributed by atoms with E-state index in [2.05, 4.69) is 0 Å². The summed E-state index contributed by atoms with van der Waals surface area (Å²) in [5, 5.41) is 0. The highest BCUT2D eigenvalue weighted by atomic mass is 16.5. The van der Waals surface area contributed by atoms with Gasteiger partial charge in [0.05, 0.1) is 0 Å². The van der Waals surface area contributed by atoms with Crippen molar-refractivity contribution in [3.63, 3.8) is 0 Å². The molecule has 0 bridgehead atoms. The van der Waals surface area contributed by atoms with Gasteiger partial charge in [0.25, 0.3) is 0 Å². The van der Waals surface area contributed by atoms with E-state index >= 15 is 0 Å². The maximum atomic E-state index is 11.6. The van der Waals surface area contributed by atoms with Crippen molar-refractivity contribution < 1.29 is 9.53 Å². The van der Waals surface area contributed by atoms with E-state index in [1.54, 1.807) is 6.92 Å². The standard InChI is InChI=1S/C17H18O2/c1-11-6-5-7-15(8-11)19-16-9-12(2)17(14(4)18)13(3)10-16/h5-10H,1-4H3. The number of hydrogen-bond donors (Lipinski definition) is 0. The lowest BCUT2D eigenvalue weighted by atomic mass is 9.99. The number of hydrogen-bond acceptors (Lipinski definition) is 2. The van der Waals surface area contributed by atoms with Crippen molar-refractivity contribution in [1.82, 2.24) is 0 Å². The Hall–Kier alpha value is -2.09. The Morgan fingerprint density at radius 1 is 0.947 bits per heavy atom. The fraction of sp³-hybridized carbons (Fsp3) is 0.235. The van der Waals surface area contributed by atoms with E-state index in [0.29, 0.717) is 0 Å². The summed E-state index contributed by atoms with van der Waals surface area (Å²) in [7, 11) is 0. The Kier molecular flexibility index (Phi) is 3.70. The molecule has 0 fully saturated rings. The molecular formula is C17H18O2. The molecule has 0 spiro atoms. The zero-order valence-corrected chi connectivity index (χ0v) is 11.8. The van der Waals surface area contributed by atoms with E-state index in [1.807, 2.05) is 57.2 Å². The summed E-state index contributed by atoms with van der Waals surface area (Å²) in [5.41, 5.74) is 3.85. The highest BCUT2D eigenvalue weighted by Gasteiger charge is 2.10. The highest BCUT2D eigenvalue weighted by Crippen LogP contribution is 2.27. The Balaban J connectivity index is 2.35. The Bertz CT molecular complexity index is 604. The van der Waals surface area contributed by atoms with Crippen LogP contribution in [0.5, 0.6) is 11.5 Å². The van der Waals surface area contributed by atoms with Gasteiger partial charge < -0.3 is 4.74 Å². The van der Waals surface area contributed by atoms with E-state index in [4.69, 9.17) is 4.74 Å². The van der Waals surface area contributed by atoms with Gasteiger partial charge in [0.2, 0.25) is 0 Å². The molecule has 0 heterocycles. The number of Topliss-reactive ketones (excluding diaryl/α,β-unsaturated/α-hetero) is 1. The zero-order chi connectivity index (χ0) is 14.0. The van der Waals surface area contributed by atoms with Crippen molar-refractivity contribution in [2.75, 3.05) is 0 Å². The second-order valence-corrected chi connectivity index (χ2v) is 4.91. The van der Waals surface area contributed by atoms with Gasteiger partial charge in [-0.25, -0.2) is 0 Å². The quantitative estimate of drug-likeness (QED) is 0.748. The van der Waals surface area contributed by atoms with Crippen LogP contribution in [-0.4, -0.2) is 5.78 Å². The molecule has 0 aliphatic carbocycles. The molecule has 2 heteroatoms. The van der Waals surface area contributed by atoms with Gasteiger partial charge in [-0.1, -0.05) is 12.1 Å². The van der Waals surface area contributed by atoms with Crippen molar-refractivity contribution in [2.24, 2.45) is 0 Å². The minimum atomic E-state index is 0.0945. The molecule has 0 aliphatic rings. The Morgan fingerprint density at radius 2 is 1.58 bits per heavy atom. The summed E-state index contributed by atoms with van der Waals surface area (Å²) in [4.78, 5) is 11.6. The molecule has 2 aromatic carbocycles. The summed E-state index contributed by atoms with van der Waals surface area (Å²) in [6, 6.07) is 11.7. The summed E-state index contributed by atoms with van der Waals surface area (Å²) in [6.07, 6.45) is 0. The number of ketones is 1. The number of aryl methyl sites for hydroxylation is 3. The first-order chi connectivity index (χ1) is 8.97. The van der Waals surface area contributed by atoms with Crippen LogP contribution in [0.1, 0.15) is 34.0 Å². The molecule has 0 saturated heterocycles. The van der Waals surface area contributed by atoms with E-state index < -0.39 is 0 Å². The number of carbonyl (C=O) groups excluding carboxylic acids is 1. The fourth-order valence-electron chi connectivity index (χ4n) is 2.35. The number of benzene rings is 2. The molecule has 98 valence electrons. The predicted octanol–water partition coefficient (Wildman–Crippen LogP) is 4.61. The van der Waals surface area contributed by atoms with Crippen LogP contribution in [0.25, 0.3) is 0 Å². The minimum absolute atomic E-state index is 0.0945. The lowest BCUT2D eigenvalue weighted by Crippen LogP contribution is -2.00. The first-order valence-corrected chi connectivity index (χ1v) is 6.34. The Labute approximate surface area is 114 Å². The van der Waals surface area contributed by atoms with Crippen LogP contribution in [0.2, 0.25) is 0 Å². The van der Waals surface area contributed by atoms with Crippen LogP contribution in [0.15, 0.2) is 36.4 Å². The second-order valence-electron chi connectivity index (χ2n) is 4.91. The van der Waals surface area contributed by atoms with Crippen LogP contribution >= 0.6 is 0 Å². The molecule has 0 aromatic heterocycles.